The average Bonchev–Trinajstić information content (AvgIpc) is 2.48. The van der Waals surface area contributed by atoms with E-state index in [0.29, 0.717) is 0 Å². The zero-order chi connectivity index (χ0) is 14.2. The molecule has 2 N–H and O–H groups in total. The van der Waals surface area contributed by atoms with Crippen molar-refractivity contribution in [1.82, 2.24) is 0 Å². The summed E-state index contributed by atoms with van der Waals surface area (Å²) in [6.45, 7) is 9.74. The highest BCUT2D eigenvalue weighted by molar-refractivity contribution is 5.39. The predicted molar refractivity (Wildman–Crippen MR) is 79.9 cm³/mol. The number of ether oxygens (including phenoxy) is 2. The summed E-state index contributed by atoms with van der Waals surface area (Å²) in [5.74, 6) is 1.74. The van der Waals surface area contributed by atoms with Crippen molar-refractivity contribution in [3.05, 3.63) is 24.3 Å². The lowest BCUT2D eigenvalue weighted by molar-refractivity contribution is -1.00. The lowest BCUT2D eigenvalue weighted by Crippen LogP contribution is -3.27. The van der Waals surface area contributed by atoms with Crippen molar-refractivity contribution in [2.75, 3.05) is 53.0 Å². The second-order valence-corrected chi connectivity index (χ2v) is 5.60. The number of rotatable bonds is 7. The molecule has 2 rings (SSSR count). The maximum atomic E-state index is 5.91. The van der Waals surface area contributed by atoms with Crippen molar-refractivity contribution in [2.45, 2.75) is 13.3 Å². The SMILES string of the molecule is CCCOc1ccccc1OCC[NH+]1CC[NH+](C)CC1. The van der Waals surface area contributed by atoms with E-state index in [-0.39, 0.29) is 0 Å². The Hall–Kier alpha value is -1.26. The van der Waals surface area contributed by atoms with E-state index >= 15 is 0 Å². The Labute approximate surface area is 122 Å². The van der Waals surface area contributed by atoms with Gasteiger partial charge >= 0.3 is 0 Å². The van der Waals surface area contributed by atoms with Gasteiger partial charge in [0.2, 0.25) is 0 Å². The summed E-state index contributed by atoms with van der Waals surface area (Å²) in [5.41, 5.74) is 0. The first-order valence-corrected chi connectivity index (χ1v) is 7.79. The van der Waals surface area contributed by atoms with Gasteiger partial charge < -0.3 is 19.3 Å². The fourth-order valence-corrected chi connectivity index (χ4v) is 2.49. The largest absolute Gasteiger partial charge is 0.490 e. The number of hydrogen-bond donors (Lipinski definition) is 2. The van der Waals surface area contributed by atoms with Gasteiger partial charge in [-0.3, -0.25) is 0 Å². The molecule has 1 saturated heterocycles. The van der Waals surface area contributed by atoms with Crippen molar-refractivity contribution in [3.63, 3.8) is 0 Å². The van der Waals surface area contributed by atoms with E-state index in [1.165, 1.54) is 26.2 Å². The molecule has 0 unspecified atom stereocenters. The fraction of sp³-hybridized carbons (Fsp3) is 0.625. The van der Waals surface area contributed by atoms with E-state index < -0.39 is 0 Å². The van der Waals surface area contributed by atoms with Crippen LogP contribution in [-0.2, 0) is 0 Å². The Kier molecular flexibility index (Phi) is 6.15. The quantitative estimate of drug-likeness (QED) is 0.689. The number of quaternary nitrogens is 2. The fourth-order valence-electron chi connectivity index (χ4n) is 2.49. The van der Waals surface area contributed by atoms with Crippen molar-refractivity contribution in [3.8, 4) is 11.5 Å². The first kappa shape index (κ1) is 15.1. The minimum Gasteiger partial charge on any atom is -0.490 e. The Morgan fingerprint density at radius 1 is 0.950 bits per heavy atom. The molecule has 1 fully saturated rings. The van der Waals surface area contributed by atoms with Gasteiger partial charge in [-0.25, -0.2) is 0 Å². The molecule has 0 radical (unpaired) electrons. The molecule has 4 nitrogen and oxygen atoms in total. The zero-order valence-electron chi connectivity index (χ0n) is 12.8. The van der Waals surface area contributed by atoms with Crippen LogP contribution in [0.25, 0.3) is 0 Å². The van der Waals surface area contributed by atoms with Crippen LogP contribution < -0.4 is 19.3 Å². The molecule has 20 heavy (non-hydrogen) atoms. The van der Waals surface area contributed by atoms with Gasteiger partial charge in [-0.15, -0.1) is 0 Å². The molecule has 1 aromatic carbocycles. The number of hydrogen-bond acceptors (Lipinski definition) is 2. The van der Waals surface area contributed by atoms with E-state index in [0.717, 1.165) is 37.7 Å². The van der Waals surface area contributed by atoms with Gasteiger partial charge in [0.05, 0.1) is 13.7 Å². The van der Waals surface area contributed by atoms with Gasteiger partial charge in [-0.05, 0) is 18.6 Å². The molecule has 0 bridgehead atoms. The molecule has 0 spiro atoms. The number of nitrogens with one attached hydrogen (secondary N) is 2. The van der Waals surface area contributed by atoms with E-state index in [9.17, 15) is 0 Å². The highest BCUT2D eigenvalue weighted by atomic mass is 16.5. The number of benzene rings is 1. The minimum absolute atomic E-state index is 0.743. The summed E-state index contributed by atoms with van der Waals surface area (Å²) in [7, 11) is 2.27. The van der Waals surface area contributed by atoms with E-state index in [1.807, 2.05) is 24.3 Å². The predicted octanol–water partition coefficient (Wildman–Crippen LogP) is -0.733. The second kappa shape index (κ2) is 8.12. The Morgan fingerprint density at radius 2 is 1.55 bits per heavy atom. The maximum absolute atomic E-state index is 5.91. The summed E-state index contributed by atoms with van der Waals surface area (Å²) in [6.07, 6.45) is 1.02. The van der Waals surface area contributed by atoms with Gasteiger partial charge in [0.25, 0.3) is 0 Å². The van der Waals surface area contributed by atoms with Crippen molar-refractivity contribution in [1.29, 1.82) is 0 Å². The van der Waals surface area contributed by atoms with Crippen LogP contribution in [0.1, 0.15) is 13.3 Å². The summed E-state index contributed by atoms with van der Waals surface area (Å²) in [5, 5.41) is 0. The number of para-hydroxylation sites is 2. The molecular weight excluding hydrogens is 252 g/mol. The van der Waals surface area contributed by atoms with Crippen LogP contribution in [0.15, 0.2) is 24.3 Å². The average molecular weight is 280 g/mol. The molecule has 0 saturated carbocycles. The van der Waals surface area contributed by atoms with Crippen LogP contribution in [0.5, 0.6) is 11.5 Å². The molecule has 112 valence electrons. The van der Waals surface area contributed by atoms with Gasteiger partial charge in [-0.2, -0.15) is 0 Å². The summed E-state index contributed by atoms with van der Waals surface area (Å²) < 4.78 is 11.6. The van der Waals surface area contributed by atoms with E-state index in [2.05, 4.69) is 14.0 Å². The van der Waals surface area contributed by atoms with Crippen LogP contribution in [0, 0.1) is 0 Å². The third-order valence-corrected chi connectivity index (χ3v) is 3.83. The minimum atomic E-state index is 0.743. The van der Waals surface area contributed by atoms with Gasteiger partial charge in [0.1, 0.15) is 39.3 Å². The molecule has 0 aromatic heterocycles. The molecule has 1 aliphatic rings. The van der Waals surface area contributed by atoms with Crippen LogP contribution in [0.3, 0.4) is 0 Å². The topological polar surface area (TPSA) is 27.3 Å². The van der Waals surface area contributed by atoms with Crippen molar-refractivity contribution < 1.29 is 19.3 Å². The lowest BCUT2D eigenvalue weighted by atomic mass is 10.3. The molecule has 1 aromatic rings. The third-order valence-electron chi connectivity index (χ3n) is 3.83. The molecule has 0 amide bonds. The Bertz CT molecular complexity index is 390. The first-order valence-electron chi connectivity index (χ1n) is 7.79. The Morgan fingerprint density at radius 3 is 2.15 bits per heavy atom. The second-order valence-electron chi connectivity index (χ2n) is 5.60. The normalized spacial score (nSPS) is 22.5. The van der Waals surface area contributed by atoms with Gasteiger partial charge in [0.15, 0.2) is 11.5 Å². The van der Waals surface area contributed by atoms with Gasteiger partial charge in [-0.1, -0.05) is 19.1 Å². The maximum Gasteiger partial charge on any atom is 0.161 e. The van der Waals surface area contributed by atoms with Gasteiger partial charge in [0, 0.05) is 0 Å². The number of likely N-dealkylation sites (N-methyl/N-ethyl adjacent to an activating group) is 1. The van der Waals surface area contributed by atoms with Crippen LogP contribution in [0.2, 0.25) is 0 Å². The molecular formula is C16H28N2O2+2. The van der Waals surface area contributed by atoms with Crippen molar-refractivity contribution in [2.24, 2.45) is 0 Å². The van der Waals surface area contributed by atoms with Crippen molar-refractivity contribution >= 4 is 0 Å². The lowest BCUT2D eigenvalue weighted by Gasteiger charge is -2.27. The molecule has 0 aliphatic carbocycles. The highest BCUT2D eigenvalue weighted by Gasteiger charge is 2.19. The van der Waals surface area contributed by atoms with E-state index in [1.54, 1.807) is 9.80 Å². The monoisotopic (exact) mass is 280 g/mol. The third kappa shape index (κ3) is 4.69. The smallest absolute Gasteiger partial charge is 0.161 e. The van der Waals surface area contributed by atoms with E-state index in [4.69, 9.17) is 9.47 Å². The highest BCUT2D eigenvalue weighted by Crippen LogP contribution is 2.26. The summed E-state index contributed by atoms with van der Waals surface area (Å²) in [4.78, 5) is 3.30. The standard InChI is InChI=1S/C16H26N2O2/c1-3-13-19-15-6-4-5-7-16(15)20-14-12-18-10-8-17(2)9-11-18/h4-7H,3,8-14H2,1-2H3/p+2. The Balaban J connectivity index is 1.76. The first-order chi connectivity index (χ1) is 9.79. The van der Waals surface area contributed by atoms with Crippen LogP contribution in [0.4, 0.5) is 0 Å². The molecule has 0 atom stereocenters. The molecule has 4 heteroatoms. The summed E-state index contributed by atoms with van der Waals surface area (Å²) in [6, 6.07) is 7.97. The molecule has 1 heterocycles. The van der Waals surface area contributed by atoms with Crippen LogP contribution >= 0.6 is 0 Å². The zero-order valence-corrected chi connectivity index (χ0v) is 12.8. The molecule has 1 aliphatic heterocycles. The van der Waals surface area contributed by atoms with Crippen LogP contribution in [-0.4, -0.2) is 53.0 Å². The summed E-state index contributed by atoms with van der Waals surface area (Å²) >= 11 is 0. The number of piperazine rings is 1.